The molecule has 0 radical (unpaired) electrons. The molecule has 0 bridgehead atoms. The number of carbonyl (C=O) groups excluding carboxylic acids is 3. The van der Waals surface area contributed by atoms with E-state index in [1.165, 1.54) is 16.2 Å². The van der Waals surface area contributed by atoms with Crippen LogP contribution in [0.15, 0.2) is 35.7 Å². The highest BCUT2D eigenvalue weighted by molar-refractivity contribution is 7.12. The fourth-order valence-corrected chi connectivity index (χ4v) is 3.67. The normalized spacial score (nSPS) is 16.1. The predicted octanol–water partition coefficient (Wildman–Crippen LogP) is 3.40. The lowest BCUT2D eigenvalue weighted by molar-refractivity contribution is -0.134. The monoisotopic (exact) mass is 400 g/mol. The Labute approximate surface area is 168 Å². The van der Waals surface area contributed by atoms with E-state index < -0.39 is 5.60 Å². The van der Waals surface area contributed by atoms with E-state index in [-0.39, 0.29) is 30.2 Å². The second-order valence-electron chi connectivity index (χ2n) is 7.37. The molecule has 148 valence electrons. The van der Waals surface area contributed by atoms with E-state index in [2.05, 4.69) is 5.32 Å². The maximum Gasteiger partial charge on any atom is 0.271 e. The van der Waals surface area contributed by atoms with E-state index in [0.717, 1.165) is 6.42 Å². The minimum absolute atomic E-state index is 0.0165. The van der Waals surface area contributed by atoms with Crippen molar-refractivity contribution in [3.05, 3.63) is 46.2 Å². The summed E-state index contributed by atoms with van der Waals surface area (Å²) < 4.78 is 5.84. The van der Waals surface area contributed by atoms with E-state index in [1.54, 1.807) is 38.1 Å². The van der Waals surface area contributed by atoms with Crippen molar-refractivity contribution in [2.75, 3.05) is 11.4 Å². The first kappa shape index (κ1) is 20.1. The molecule has 28 heavy (non-hydrogen) atoms. The Hall–Kier alpha value is -2.67. The zero-order valence-electron chi connectivity index (χ0n) is 16.4. The molecule has 1 N–H and O–H groups in total. The summed E-state index contributed by atoms with van der Waals surface area (Å²) >= 11 is 1.36. The molecule has 0 fully saturated rings. The van der Waals surface area contributed by atoms with Gasteiger partial charge in [-0.15, -0.1) is 11.3 Å². The molecular formula is C21H24N2O4S. The molecule has 1 aliphatic heterocycles. The third kappa shape index (κ3) is 3.94. The van der Waals surface area contributed by atoms with Crippen LogP contribution in [-0.4, -0.2) is 35.8 Å². The average molecular weight is 401 g/mol. The van der Waals surface area contributed by atoms with Crippen molar-refractivity contribution in [2.45, 2.75) is 45.8 Å². The number of thiophene rings is 1. The Balaban J connectivity index is 1.96. The number of anilines is 1. The quantitative estimate of drug-likeness (QED) is 0.754. The highest BCUT2D eigenvalue weighted by Crippen LogP contribution is 2.38. The lowest BCUT2D eigenvalue weighted by atomic mass is 10.0. The molecule has 1 aromatic heterocycles. The molecule has 0 unspecified atom stereocenters. The zero-order valence-corrected chi connectivity index (χ0v) is 17.3. The summed E-state index contributed by atoms with van der Waals surface area (Å²) in [5.41, 5.74) is -0.209. The van der Waals surface area contributed by atoms with Gasteiger partial charge in [0.05, 0.1) is 10.6 Å². The SMILES string of the molecule is CC[C@@H](C)NC(=O)CN1C(=O)C(C)(C)Oc2ccc(C(=O)c3cccs3)cc21. The number of amides is 2. The van der Waals surface area contributed by atoms with Crippen LogP contribution >= 0.6 is 11.3 Å². The van der Waals surface area contributed by atoms with Crippen molar-refractivity contribution in [2.24, 2.45) is 0 Å². The number of benzene rings is 1. The molecule has 3 rings (SSSR count). The van der Waals surface area contributed by atoms with E-state index in [9.17, 15) is 14.4 Å². The maximum absolute atomic E-state index is 12.9. The largest absolute Gasteiger partial charge is 0.476 e. The highest BCUT2D eigenvalue weighted by atomic mass is 32.1. The first-order chi connectivity index (χ1) is 13.2. The van der Waals surface area contributed by atoms with Gasteiger partial charge in [0.15, 0.2) is 5.60 Å². The summed E-state index contributed by atoms with van der Waals surface area (Å²) in [5, 5.41) is 4.72. The summed E-state index contributed by atoms with van der Waals surface area (Å²) in [4.78, 5) is 40.1. The zero-order chi connectivity index (χ0) is 20.5. The van der Waals surface area contributed by atoms with Gasteiger partial charge in [0, 0.05) is 11.6 Å². The number of hydrogen-bond donors (Lipinski definition) is 1. The number of ketones is 1. The van der Waals surface area contributed by atoms with E-state index in [4.69, 9.17) is 4.74 Å². The van der Waals surface area contributed by atoms with Crippen LogP contribution < -0.4 is 15.0 Å². The standard InChI is InChI=1S/C21H24N2O4S/c1-5-13(2)22-18(24)12-23-15-11-14(19(25)17-7-6-10-28-17)8-9-16(15)27-21(3,4)20(23)26/h6-11,13H,5,12H2,1-4H3,(H,22,24)/t13-/m1/s1. The second-order valence-corrected chi connectivity index (χ2v) is 8.32. The first-order valence-electron chi connectivity index (χ1n) is 9.25. The van der Waals surface area contributed by atoms with E-state index in [1.807, 2.05) is 25.3 Å². The smallest absolute Gasteiger partial charge is 0.271 e. The van der Waals surface area contributed by atoms with Crippen LogP contribution in [0.25, 0.3) is 0 Å². The number of carbonyl (C=O) groups is 3. The van der Waals surface area contributed by atoms with Gasteiger partial charge in [-0.05, 0) is 56.8 Å². The molecule has 0 saturated heterocycles. The number of nitrogens with zero attached hydrogens (tertiary/aromatic N) is 1. The molecule has 7 heteroatoms. The van der Waals surface area contributed by atoms with Crippen LogP contribution in [0.1, 0.15) is 49.4 Å². The Morgan fingerprint density at radius 2 is 2.04 bits per heavy atom. The molecule has 1 atom stereocenters. The number of nitrogens with one attached hydrogen (secondary N) is 1. The molecule has 0 aliphatic carbocycles. The van der Waals surface area contributed by atoms with Crippen molar-refractivity contribution in [3.8, 4) is 5.75 Å². The molecule has 0 saturated carbocycles. The summed E-state index contributed by atoms with van der Waals surface area (Å²) in [7, 11) is 0. The van der Waals surface area contributed by atoms with Crippen molar-refractivity contribution in [1.82, 2.24) is 5.32 Å². The molecule has 2 heterocycles. The van der Waals surface area contributed by atoms with Gasteiger partial charge in [-0.2, -0.15) is 0 Å². The Bertz CT molecular complexity index is 905. The van der Waals surface area contributed by atoms with Crippen LogP contribution in [0.5, 0.6) is 5.75 Å². The number of hydrogen-bond acceptors (Lipinski definition) is 5. The van der Waals surface area contributed by atoms with Crippen LogP contribution in [0.3, 0.4) is 0 Å². The topological polar surface area (TPSA) is 75.7 Å². The van der Waals surface area contributed by atoms with Gasteiger partial charge in [-0.1, -0.05) is 13.0 Å². The molecule has 2 aromatic rings. The van der Waals surface area contributed by atoms with Crippen molar-refractivity contribution in [3.63, 3.8) is 0 Å². The Morgan fingerprint density at radius 1 is 1.29 bits per heavy atom. The number of rotatable bonds is 6. The van der Waals surface area contributed by atoms with Gasteiger partial charge < -0.3 is 10.1 Å². The van der Waals surface area contributed by atoms with Crippen molar-refractivity contribution < 1.29 is 19.1 Å². The number of ether oxygens (including phenoxy) is 1. The van der Waals surface area contributed by atoms with Crippen LogP contribution in [0.2, 0.25) is 0 Å². The Kier molecular flexibility index (Phi) is 5.56. The fraction of sp³-hybridized carbons (Fsp3) is 0.381. The third-order valence-corrected chi connectivity index (χ3v) is 5.57. The van der Waals surface area contributed by atoms with Crippen LogP contribution in [0, 0.1) is 0 Å². The molecule has 6 nitrogen and oxygen atoms in total. The van der Waals surface area contributed by atoms with Crippen LogP contribution in [0.4, 0.5) is 5.69 Å². The lowest BCUT2D eigenvalue weighted by Crippen LogP contribution is -2.55. The second kappa shape index (κ2) is 7.75. The van der Waals surface area contributed by atoms with Crippen LogP contribution in [-0.2, 0) is 9.59 Å². The first-order valence-corrected chi connectivity index (χ1v) is 10.1. The molecule has 2 amide bonds. The minimum atomic E-state index is -1.09. The summed E-state index contributed by atoms with van der Waals surface area (Å²) in [6.45, 7) is 7.10. The molecule has 1 aromatic carbocycles. The summed E-state index contributed by atoms with van der Waals surface area (Å²) in [6, 6.07) is 8.59. The summed E-state index contributed by atoms with van der Waals surface area (Å²) in [6.07, 6.45) is 0.796. The molecule has 0 spiro atoms. The molecular weight excluding hydrogens is 376 g/mol. The lowest BCUT2D eigenvalue weighted by Gasteiger charge is -2.38. The van der Waals surface area contributed by atoms with Gasteiger partial charge >= 0.3 is 0 Å². The van der Waals surface area contributed by atoms with E-state index in [0.29, 0.717) is 21.9 Å². The third-order valence-electron chi connectivity index (χ3n) is 4.70. The number of fused-ring (bicyclic) bond motifs is 1. The fourth-order valence-electron chi connectivity index (χ4n) is 2.98. The van der Waals surface area contributed by atoms with Gasteiger partial charge in [-0.3, -0.25) is 19.3 Å². The predicted molar refractivity (Wildman–Crippen MR) is 109 cm³/mol. The minimum Gasteiger partial charge on any atom is -0.476 e. The maximum atomic E-state index is 12.9. The van der Waals surface area contributed by atoms with Gasteiger partial charge in [0.1, 0.15) is 12.3 Å². The average Bonchev–Trinajstić information content (AvgIpc) is 3.19. The molecule has 1 aliphatic rings. The summed E-state index contributed by atoms with van der Waals surface area (Å²) in [5.74, 6) is -0.218. The van der Waals surface area contributed by atoms with E-state index >= 15 is 0 Å². The van der Waals surface area contributed by atoms with Gasteiger partial charge in [0.2, 0.25) is 11.7 Å². The Morgan fingerprint density at radius 3 is 2.68 bits per heavy atom. The van der Waals surface area contributed by atoms with Crippen molar-refractivity contribution >= 4 is 34.6 Å². The van der Waals surface area contributed by atoms with Gasteiger partial charge in [-0.25, -0.2) is 0 Å². The van der Waals surface area contributed by atoms with Gasteiger partial charge in [0.25, 0.3) is 5.91 Å². The highest BCUT2D eigenvalue weighted by Gasteiger charge is 2.42. The van der Waals surface area contributed by atoms with Crippen molar-refractivity contribution in [1.29, 1.82) is 0 Å².